The van der Waals surface area contributed by atoms with E-state index in [-0.39, 0.29) is 35.3 Å². The van der Waals surface area contributed by atoms with Crippen molar-refractivity contribution in [3.8, 4) is 0 Å². The number of nitrogens with one attached hydrogen (secondary N) is 1. The first-order valence-electron chi connectivity index (χ1n) is 9.47. The molecule has 4 heterocycles. The second-order valence-corrected chi connectivity index (χ2v) is 10.4. The van der Waals surface area contributed by atoms with Crippen LogP contribution in [-0.4, -0.2) is 44.5 Å². The van der Waals surface area contributed by atoms with E-state index in [0.717, 1.165) is 41.0 Å². The molecule has 3 aromatic rings. The summed E-state index contributed by atoms with van der Waals surface area (Å²) in [5.74, 6) is 0.0146. The summed E-state index contributed by atoms with van der Waals surface area (Å²) in [6, 6.07) is 3.59. The van der Waals surface area contributed by atoms with Gasteiger partial charge in [-0.25, -0.2) is 4.68 Å². The van der Waals surface area contributed by atoms with Crippen LogP contribution in [0.25, 0.3) is 15.7 Å². The summed E-state index contributed by atoms with van der Waals surface area (Å²) in [6.07, 6.45) is 1.82. The van der Waals surface area contributed by atoms with Gasteiger partial charge in [-0.2, -0.15) is 5.10 Å². The van der Waals surface area contributed by atoms with E-state index in [9.17, 15) is 14.7 Å². The van der Waals surface area contributed by atoms with Gasteiger partial charge in [0.05, 0.1) is 27.8 Å². The van der Waals surface area contributed by atoms with Crippen molar-refractivity contribution in [2.24, 2.45) is 5.41 Å². The fourth-order valence-electron chi connectivity index (χ4n) is 4.31. The van der Waals surface area contributed by atoms with E-state index in [1.165, 1.54) is 11.3 Å². The number of fused-ring (bicyclic) bond motifs is 3. The normalized spacial score (nSPS) is 18.9. The fraction of sp³-hybridized carbons (Fsp3) is 0.526. The molecule has 8 nitrogen and oxygen atoms in total. The Morgan fingerprint density at radius 1 is 1.41 bits per heavy atom. The molecular formula is C19H21ClN4O4S. The molecule has 3 aromatic heterocycles. The van der Waals surface area contributed by atoms with Crippen LogP contribution in [0.3, 0.4) is 0 Å². The molecule has 1 saturated carbocycles. The van der Waals surface area contributed by atoms with Crippen LogP contribution in [0.4, 0.5) is 0 Å². The Balaban J connectivity index is 1.48. The third-order valence-corrected chi connectivity index (χ3v) is 6.92. The minimum Gasteiger partial charge on any atom is -0.382 e. The molecule has 0 unspecified atom stereocenters. The molecule has 1 aliphatic carbocycles. The molecule has 1 saturated heterocycles. The van der Waals surface area contributed by atoms with Gasteiger partial charge in [0.25, 0.3) is 5.56 Å². The summed E-state index contributed by atoms with van der Waals surface area (Å²) < 4.78 is 9.42. The third kappa shape index (κ3) is 3.07. The number of hydrogen-bond donors (Lipinski definition) is 2. The number of amides is 1. The Hall–Kier alpha value is -1.94. The molecule has 1 spiro atoms. The van der Waals surface area contributed by atoms with E-state index >= 15 is 0 Å². The van der Waals surface area contributed by atoms with E-state index in [2.05, 4.69) is 10.4 Å². The average Bonchev–Trinajstić information content (AvgIpc) is 3.06. The highest BCUT2D eigenvalue weighted by molar-refractivity contribution is 7.22. The number of hydrogen-bond acceptors (Lipinski definition) is 6. The third-order valence-electron chi connectivity index (χ3n) is 5.72. The van der Waals surface area contributed by atoms with E-state index in [1.807, 2.05) is 0 Å². The van der Waals surface area contributed by atoms with Crippen molar-refractivity contribution in [2.75, 3.05) is 13.2 Å². The Bertz CT molecular complexity index is 1190. The van der Waals surface area contributed by atoms with Crippen LogP contribution >= 0.6 is 22.9 Å². The number of carbonyl (C=O) groups excluding carboxylic acids is 1. The van der Waals surface area contributed by atoms with Gasteiger partial charge in [-0.3, -0.25) is 14.0 Å². The quantitative estimate of drug-likeness (QED) is 0.650. The first-order chi connectivity index (χ1) is 13.7. The van der Waals surface area contributed by atoms with E-state index in [1.54, 1.807) is 30.4 Å². The maximum atomic E-state index is 13.0. The van der Waals surface area contributed by atoms with Crippen molar-refractivity contribution in [2.45, 2.75) is 44.9 Å². The molecule has 0 bridgehead atoms. The molecule has 29 heavy (non-hydrogen) atoms. The topological polar surface area (TPSA) is 97.9 Å². The molecule has 0 radical (unpaired) electrons. The minimum atomic E-state index is -1.32. The van der Waals surface area contributed by atoms with E-state index in [0.29, 0.717) is 9.85 Å². The predicted octanol–water partition coefficient (Wildman–Crippen LogP) is 1.89. The highest BCUT2D eigenvalue weighted by Crippen LogP contribution is 2.46. The first-order valence-corrected chi connectivity index (χ1v) is 10.7. The summed E-state index contributed by atoms with van der Waals surface area (Å²) in [5, 5.41) is 18.0. The molecule has 0 atom stereocenters. The van der Waals surface area contributed by atoms with Crippen LogP contribution in [0, 0.1) is 5.41 Å². The van der Waals surface area contributed by atoms with Gasteiger partial charge in [-0.05, 0) is 38.8 Å². The molecule has 1 amide bonds. The van der Waals surface area contributed by atoms with Gasteiger partial charge in [-0.1, -0.05) is 11.6 Å². The Labute approximate surface area is 175 Å². The van der Waals surface area contributed by atoms with Crippen molar-refractivity contribution in [1.29, 1.82) is 0 Å². The second-order valence-electron chi connectivity index (χ2n) is 8.68. The van der Waals surface area contributed by atoms with Gasteiger partial charge in [0, 0.05) is 11.5 Å². The number of ether oxygens (including phenoxy) is 1. The molecule has 2 fully saturated rings. The lowest BCUT2D eigenvalue weighted by Crippen LogP contribution is -2.60. The average molecular weight is 437 g/mol. The number of carbonyl (C=O) groups is 1. The van der Waals surface area contributed by atoms with Crippen LogP contribution in [0.15, 0.2) is 16.9 Å². The summed E-state index contributed by atoms with van der Waals surface area (Å²) in [4.78, 5) is 25.5. The number of aliphatic hydroxyl groups is 1. The molecule has 154 valence electrons. The molecule has 2 N–H and O–H groups in total. The van der Waals surface area contributed by atoms with Crippen molar-refractivity contribution in [1.82, 2.24) is 19.5 Å². The zero-order chi connectivity index (χ0) is 20.6. The molecule has 5 rings (SSSR count). The zero-order valence-electron chi connectivity index (χ0n) is 16.1. The molecule has 2 aliphatic rings. The number of nitrogens with zero attached hydrogens (tertiary/aromatic N) is 3. The summed E-state index contributed by atoms with van der Waals surface area (Å²) in [6.45, 7) is 4.52. The Morgan fingerprint density at radius 3 is 2.76 bits per heavy atom. The van der Waals surface area contributed by atoms with Gasteiger partial charge in [0.15, 0.2) is 5.82 Å². The maximum Gasteiger partial charge on any atom is 0.291 e. The first kappa shape index (κ1) is 19.0. The molecule has 10 heteroatoms. The number of thiophene rings is 1. The number of aromatic nitrogens is 3. The van der Waals surface area contributed by atoms with Gasteiger partial charge < -0.3 is 15.2 Å². The molecule has 0 aromatic carbocycles. The second kappa shape index (κ2) is 6.28. The minimum absolute atomic E-state index is 0.111. The Kier molecular flexibility index (Phi) is 4.12. The van der Waals surface area contributed by atoms with Gasteiger partial charge >= 0.3 is 0 Å². The smallest absolute Gasteiger partial charge is 0.291 e. The number of rotatable bonds is 4. The molecular weight excluding hydrogens is 416 g/mol. The van der Waals surface area contributed by atoms with Gasteiger partial charge in [0.1, 0.15) is 17.7 Å². The monoisotopic (exact) mass is 436 g/mol. The van der Waals surface area contributed by atoms with Gasteiger partial charge in [-0.15, -0.1) is 11.3 Å². The van der Waals surface area contributed by atoms with Crippen molar-refractivity contribution in [3.05, 3.63) is 32.6 Å². The van der Waals surface area contributed by atoms with Crippen LogP contribution in [0.1, 0.15) is 32.5 Å². The van der Waals surface area contributed by atoms with Crippen LogP contribution in [0.2, 0.25) is 4.34 Å². The summed E-state index contributed by atoms with van der Waals surface area (Å²) >= 11 is 7.46. The lowest BCUT2D eigenvalue weighted by atomic mass is 9.64. The SMILES string of the molecule is CC(C)(O)c1nn(CC(=O)NC2CC3(COC3)C2)c(=O)c2cc3sc(Cl)cc3n12. The van der Waals surface area contributed by atoms with E-state index in [4.69, 9.17) is 16.3 Å². The van der Waals surface area contributed by atoms with Crippen molar-refractivity contribution < 1.29 is 14.6 Å². The zero-order valence-corrected chi connectivity index (χ0v) is 17.6. The summed E-state index contributed by atoms with van der Waals surface area (Å²) in [7, 11) is 0. The lowest BCUT2D eigenvalue weighted by Gasteiger charge is -2.53. The van der Waals surface area contributed by atoms with Crippen molar-refractivity contribution >= 4 is 44.6 Å². The largest absolute Gasteiger partial charge is 0.382 e. The van der Waals surface area contributed by atoms with Gasteiger partial charge in [0.2, 0.25) is 5.91 Å². The highest BCUT2D eigenvalue weighted by Gasteiger charge is 2.50. The standard InChI is InChI=1S/C19H21ClN4O4S/c1-18(2,27)17-22-23(7-15(25)21-10-5-19(6-10)8-28-9-19)16(26)12-3-13-11(24(12)17)4-14(20)29-13/h3-4,10,27H,5-9H2,1-2H3,(H,21,25). The van der Waals surface area contributed by atoms with Crippen LogP contribution in [-0.2, 0) is 21.7 Å². The maximum absolute atomic E-state index is 13.0. The van der Waals surface area contributed by atoms with Crippen LogP contribution < -0.4 is 10.9 Å². The number of halogens is 1. The molecule has 1 aliphatic heterocycles. The van der Waals surface area contributed by atoms with Crippen LogP contribution in [0.5, 0.6) is 0 Å². The van der Waals surface area contributed by atoms with Crippen molar-refractivity contribution in [3.63, 3.8) is 0 Å². The predicted molar refractivity (Wildman–Crippen MR) is 110 cm³/mol. The summed E-state index contributed by atoms with van der Waals surface area (Å²) in [5.41, 5.74) is -0.383. The fourth-order valence-corrected chi connectivity index (χ4v) is 5.47. The highest BCUT2D eigenvalue weighted by atomic mass is 35.5. The Morgan fingerprint density at radius 2 is 2.14 bits per heavy atom. The van der Waals surface area contributed by atoms with E-state index < -0.39 is 5.60 Å². The lowest BCUT2D eigenvalue weighted by molar-refractivity contribution is -0.169.